The summed E-state index contributed by atoms with van der Waals surface area (Å²) in [5, 5.41) is 22.5. The molecule has 7 nitrogen and oxygen atoms in total. The van der Waals surface area contributed by atoms with Crippen LogP contribution in [0.25, 0.3) is 0 Å². The van der Waals surface area contributed by atoms with E-state index in [1.165, 1.54) is 18.3 Å². The van der Waals surface area contributed by atoms with Gasteiger partial charge in [-0.3, -0.25) is 14.9 Å². The van der Waals surface area contributed by atoms with Crippen LogP contribution in [0.4, 0.5) is 11.4 Å². The first kappa shape index (κ1) is 13.9. The van der Waals surface area contributed by atoms with Gasteiger partial charge >= 0.3 is 0 Å². The number of nitrogens with zero attached hydrogens (tertiary/aromatic N) is 2. The predicted octanol–water partition coefficient (Wildman–Crippen LogP) is 2.71. The van der Waals surface area contributed by atoms with Crippen molar-refractivity contribution in [1.82, 2.24) is 4.98 Å². The van der Waals surface area contributed by atoms with Crippen molar-refractivity contribution in [3.8, 4) is 5.75 Å². The lowest BCUT2D eigenvalue weighted by molar-refractivity contribution is -0.384. The molecule has 0 aliphatic carbocycles. The number of hydrogen-bond donors (Lipinski definition) is 2. The molecular weight excluding hydrogens is 330 g/mol. The maximum atomic E-state index is 12.0. The van der Waals surface area contributed by atoms with Gasteiger partial charge in [0.2, 0.25) is 0 Å². The van der Waals surface area contributed by atoms with Crippen LogP contribution < -0.4 is 5.32 Å². The number of aromatic hydroxyl groups is 1. The van der Waals surface area contributed by atoms with E-state index in [0.29, 0.717) is 4.47 Å². The first-order chi connectivity index (χ1) is 9.49. The molecule has 1 heterocycles. The third kappa shape index (κ3) is 2.91. The molecule has 2 rings (SSSR count). The Labute approximate surface area is 121 Å². The van der Waals surface area contributed by atoms with Crippen molar-refractivity contribution in [1.29, 1.82) is 0 Å². The van der Waals surface area contributed by atoms with Gasteiger partial charge in [0, 0.05) is 10.7 Å². The van der Waals surface area contributed by atoms with Crippen molar-refractivity contribution in [3.63, 3.8) is 0 Å². The van der Waals surface area contributed by atoms with Crippen molar-refractivity contribution >= 4 is 33.2 Å². The Morgan fingerprint density at radius 2 is 2.15 bits per heavy atom. The Kier molecular flexibility index (Phi) is 3.94. The van der Waals surface area contributed by atoms with Crippen LogP contribution in [0.5, 0.6) is 5.75 Å². The van der Waals surface area contributed by atoms with Crippen LogP contribution in [-0.4, -0.2) is 20.9 Å². The van der Waals surface area contributed by atoms with Crippen LogP contribution in [0.3, 0.4) is 0 Å². The highest BCUT2D eigenvalue weighted by molar-refractivity contribution is 9.10. The molecule has 0 unspecified atom stereocenters. The number of carbonyl (C=O) groups excluding carboxylic acids is 1. The summed E-state index contributed by atoms with van der Waals surface area (Å²) in [5.41, 5.74) is -0.310. The summed E-state index contributed by atoms with van der Waals surface area (Å²) in [6, 6.07) is 6.73. The van der Waals surface area contributed by atoms with Gasteiger partial charge in [-0.1, -0.05) is 0 Å². The summed E-state index contributed by atoms with van der Waals surface area (Å²) < 4.78 is 0.471. The van der Waals surface area contributed by atoms with Gasteiger partial charge in [-0.25, -0.2) is 4.98 Å². The fourth-order valence-electron chi connectivity index (χ4n) is 1.51. The first-order valence-electron chi connectivity index (χ1n) is 5.38. The van der Waals surface area contributed by atoms with Gasteiger partial charge < -0.3 is 10.4 Å². The molecule has 2 N–H and O–H groups in total. The monoisotopic (exact) mass is 337 g/mol. The number of hydrogen-bond acceptors (Lipinski definition) is 5. The standard InChI is InChI=1S/C12H8BrN3O4/c13-8-2-1-5-14-11(8)12(18)15-9-4-3-7(17)6-10(9)16(19)20/h1-6,17H,(H,15,18). The summed E-state index contributed by atoms with van der Waals surface area (Å²) >= 11 is 3.17. The van der Waals surface area contributed by atoms with Crippen molar-refractivity contribution < 1.29 is 14.8 Å². The number of halogens is 1. The summed E-state index contributed by atoms with van der Waals surface area (Å²) in [5.74, 6) is -0.847. The third-order valence-electron chi connectivity index (χ3n) is 2.40. The van der Waals surface area contributed by atoms with E-state index in [-0.39, 0.29) is 17.1 Å². The summed E-state index contributed by atoms with van der Waals surface area (Å²) in [6.45, 7) is 0. The fourth-order valence-corrected chi connectivity index (χ4v) is 1.95. The Morgan fingerprint density at radius 3 is 2.80 bits per heavy atom. The van der Waals surface area contributed by atoms with Gasteiger partial charge in [-0.15, -0.1) is 0 Å². The quantitative estimate of drug-likeness (QED) is 0.508. The zero-order valence-electron chi connectivity index (χ0n) is 9.91. The SMILES string of the molecule is O=C(Nc1ccc(O)cc1[N+](=O)[O-])c1ncccc1Br. The average Bonchev–Trinajstić information content (AvgIpc) is 2.41. The number of phenols is 1. The minimum absolute atomic E-state index is 0.0182. The Morgan fingerprint density at radius 1 is 1.40 bits per heavy atom. The summed E-state index contributed by atoms with van der Waals surface area (Å²) in [7, 11) is 0. The van der Waals surface area contributed by atoms with Crippen molar-refractivity contribution in [2.45, 2.75) is 0 Å². The lowest BCUT2D eigenvalue weighted by Crippen LogP contribution is -2.15. The summed E-state index contributed by atoms with van der Waals surface area (Å²) in [6.07, 6.45) is 1.44. The molecule has 0 aliphatic heterocycles. The van der Waals surface area contributed by atoms with E-state index in [1.807, 2.05) is 0 Å². The molecule has 1 aromatic heterocycles. The fraction of sp³-hybridized carbons (Fsp3) is 0. The van der Waals surface area contributed by atoms with Crippen molar-refractivity contribution in [2.24, 2.45) is 0 Å². The Balaban J connectivity index is 2.33. The largest absolute Gasteiger partial charge is 0.508 e. The van der Waals surface area contributed by atoms with Gasteiger partial charge in [0.1, 0.15) is 17.1 Å². The number of nitro benzene ring substituents is 1. The second-order valence-corrected chi connectivity index (χ2v) is 4.60. The number of rotatable bonds is 3. The van der Waals surface area contributed by atoms with Crippen LogP contribution >= 0.6 is 15.9 Å². The number of aromatic nitrogens is 1. The second-order valence-electron chi connectivity index (χ2n) is 3.75. The maximum absolute atomic E-state index is 12.0. The van der Waals surface area contributed by atoms with Gasteiger partial charge in [0.25, 0.3) is 11.6 Å². The maximum Gasteiger partial charge on any atom is 0.296 e. The van der Waals surface area contributed by atoms with Crippen molar-refractivity contribution in [3.05, 3.63) is 56.8 Å². The molecule has 102 valence electrons. The zero-order chi connectivity index (χ0) is 14.7. The Bertz CT molecular complexity index is 690. The van der Waals surface area contributed by atoms with Crippen LogP contribution in [0, 0.1) is 10.1 Å². The number of nitrogens with one attached hydrogen (secondary N) is 1. The first-order valence-corrected chi connectivity index (χ1v) is 6.17. The lowest BCUT2D eigenvalue weighted by Gasteiger charge is -2.06. The molecule has 20 heavy (non-hydrogen) atoms. The minimum atomic E-state index is -0.692. The van der Waals surface area contributed by atoms with Gasteiger partial charge in [0.15, 0.2) is 0 Å². The smallest absolute Gasteiger partial charge is 0.296 e. The van der Waals surface area contributed by atoms with E-state index in [1.54, 1.807) is 12.1 Å². The van der Waals surface area contributed by atoms with Crippen LogP contribution in [0.15, 0.2) is 41.0 Å². The molecule has 8 heteroatoms. The molecule has 0 bridgehead atoms. The number of anilines is 1. The van der Waals surface area contributed by atoms with Crippen molar-refractivity contribution in [2.75, 3.05) is 5.32 Å². The van der Waals surface area contributed by atoms with E-state index in [2.05, 4.69) is 26.2 Å². The number of nitro groups is 1. The Hall–Kier alpha value is -2.48. The molecule has 0 atom stereocenters. The van der Waals surface area contributed by atoms with E-state index >= 15 is 0 Å². The average molecular weight is 338 g/mol. The third-order valence-corrected chi connectivity index (χ3v) is 3.04. The minimum Gasteiger partial charge on any atom is -0.508 e. The molecule has 1 aromatic carbocycles. The van der Waals surface area contributed by atoms with Gasteiger partial charge in [-0.05, 0) is 40.2 Å². The lowest BCUT2D eigenvalue weighted by atomic mass is 10.2. The molecule has 0 spiro atoms. The number of carbonyl (C=O) groups is 1. The number of amides is 1. The van der Waals surface area contributed by atoms with Crippen LogP contribution in [-0.2, 0) is 0 Å². The van der Waals surface area contributed by atoms with E-state index in [4.69, 9.17) is 0 Å². The highest BCUT2D eigenvalue weighted by Gasteiger charge is 2.19. The van der Waals surface area contributed by atoms with Gasteiger partial charge in [0.05, 0.1) is 11.0 Å². The number of benzene rings is 1. The molecule has 0 fully saturated rings. The van der Waals surface area contributed by atoms with Crippen LogP contribution in [0.1, 0.15) is 10.5 Å². The topological polar surface area (TPSA) is 105 Å². The highest BCUT2D eigenvalue weighted by atomic mass is 79.9. The molecule has 1 amide bonds. The molecule has 0 saturated carbocycles. The van der Waals surface area contributed by atoms with Crippen LogP contribution in [0.2, 0.25) is 0 Å². The van der Waals surface area contributed by atoms with Gasteiger partial charge in [-0.2, -0.15) is 0 Å². The highest BCUT2D eigenvalue weighted by Crippen LogP contribution is 2.29. The summed E-state index contributed by atoms with van der Waals surface area (Å²) in [4.78, 5) is 26.1. The molecular formula is C12H8BrN3O4. The molecule has 0 saturated heterocycles. The van der Waals surface area contributed by atoms with E-state index in [0.717, 1.165) is 6.07 Å². The second kappa shape index (κ2) is 5.66. The number of phenolic OH excluding ortho intramolecular Hbond substituents is 1. The zero-order valence-corrected chi connectivity index (χ0v) is 11.5. The normalized spacial score (nSPS) is 10.1. The van der Waals surface area contributed by atoms with E-state index in [9.17, 15) is 20.0 Å². The molecule has 0 radical (unpaired) electrons. The molecule has 0 aliphatic rings. The molecule has 2 aromatic rings. The predicted molar refractivity (Wildman–Crippen MR) is 74.7 cm³/mol. The van der Waals surface area contributed by atoms with E-state index < -0.39 is 16.5 Å². The number of pyridine rings is 1.